The highest BCUT2D eigenvalue weighted by atomic mass is 16.5. The van der Waals surface area contributed by atoms with E-state index in [-0.39, 0.29) is 0 Å². The van der Waals surface area contributed by atoms with Crippen molar-refractivity contribution in [3.8, 4) is 11.6 Å². The largest absolute Gasteiger partial charge is 0.499 e. The van der Waals surface area contributed by atoms with Gasteiger partial charge in [-0.15, -0.1) is 0 Å². The fourth-order valence-electron chi connectivity index (χ4n) is 4.53. The summed E-state index contributed by atoms with van der Waals surface area (Å²) in [6.07, 6.45) is 5.92. The summed E-state index contributed by atoms with van der Waals surface area (Å²) in [5, 5.41) is 5.90. The monoisotopic (exact) mass is 479 g/mol. The number of rotatable bonds is 8. The summed E-state index contributed by atoms with van der Waals surface area (Å²) in [5.74, 6) is 2.51. The molecule has 1 atom stereocenters. The van der Waals surface area contributed by atoms with E-state index >= 15 is 0 Å². The summed E-state index contributed by atoms with van der Waals surface area (Å²) in [7, 11) is 3.45. The van der Waals surface area contributed by atoms with Gasteiger partial charge in [0, 0.05) is 45.7 Å². The van der Waals surface area contributed by atoms with Crippen LogP contribution < -0.4 is 21.1 Å². The predicted molar refractivity (Wildman–Crippen MR) is 134 cm³/mol. The number of nitrogens with zero attached hydrogens (tertiary/aromatic N) is 4. The summed E-state index contributed by atoms with van der Waals surface area (Å²) in [5.41, 5.74) is 6.68. The van der Waals surface area contributed by atoms with Gasteiger partial charge in [-0.25, -0.2) is 14.8 Å². The van der Waals surface area contributed by atoms with Gasteiger partial charge in [-0.1, -0.05) is 25.1 Å². The van der Waals surface area contributed by atoms with Crippen LogP contribution in [0.5, 0.6) is 11.6 Å². The lowest BCUT2D eigenvalue weighted by Gasteiger charge is -2.41. The number of carbonyl (C=O) groups is 1. The fourth-order valence-corrected chi connectivity index (χ4v) is 4.53. The maximum absolute atomic E-state index is 12.0. The Morgan fingerprint density at radius 3 is 2.54 bits per heavy atom. The number of likely N-dealkylation sites (N-methyl/N-ethyl adjacent to an activating group) is 1. The van der Waals surface area contributed by atoms with Gasteiger partial charge in [0.05, 0.1) is 18.3 Å². The molecule has 0 spiro atoms. The van der Waals surface area contributed by atoms with Crippen LogP contribution >= 0.6 is 0 Å². The number of urea groups is 1. The molecule has 2 aliphatic rings. The number of nitrogens with one attached hydrogen (secondary N) is 2. The summed E-state index contributed by atoms with van der Waals surface area (Å²) in [4.78, 5) is 25.0. The fraction of sp³-hybridized carbons (Fsp3) is 0.400. The van der Waals surface area contributed by atoms with Gasteiger partial charge in [0.1, 0.15) is 23.7 Å². The highest BCUT2D eigenvalue weighted by molar-refractivity contribution is 5.74. The lowest BCUT2D eigenvalue weighted by Crippen LogP contribution is -2.50. The van der Waals surface area contributed by atoms with Crippen LogP contribution in [0.4, 0.5) is 10.6 Å². The van der Waals surface area contributed by atoms with Crippen molar-refractivity contribution in [2.45, 2.75) is 18.9 Å². The third-order valence-corrected chi connectivity index (χ3v) is 6.49. The lowest BCUT2D eigenvalue weighted by molar-refractivity contribution is 0.153. The molecule has 1 fully saturated rings. The lowest BCUT2D eigenvalue weighted by atomic mass is 9.82. The van der Waals surface area contributed by atoms with Crippen molar-refractivity contribution < 1.29 is 14.3 Å². The number of benzene rings is 1. The minimum atomic E-state index is -0.835. The molecule has 186 valence electrons. The number of amides is 2. The Kier molecular flexibility index (Phi) is 7.40. The van der Waals surface area contributed by atoms with E-state index in [0.717, 1.165) is 49.7 Å². The molecular weight excluding hydrogens is 446 g/mol. The molecule has 0 saturated carbocycles. The van der Waals surface area contributed by atoms with Crippen LogP contribution in [0, 0.1) is 0 Å². The van der Waals surface area contributed by atoms with Gasteiger partial charge < -0.3 is 35.6 Å². The molecule has 2 aromatic rings. The standard InChI is InChI=1S/C25H33N7O3/c1-4-31-11-13-32(14-12-31)20-9-10-25(30-24(26)33,16-21(20)34-3)18-5-7-19(8-6-18)35-23-15-22(27-2)28-17-29-23/h5-10,15,17H,4,11-14,16H2,1-3H3,(H3,26,30,33)(H,27,28,29). The van der Waals surface area contributed by atoms with Gasteiger partial charge in [-0.05, 0) is 30.3 Å². The molecule has 1 aliphatic heterocycles. The van der Waals surface area contributed by atoms with Crippen LogP contribution in [-0.4, -0.2) is 72.7 Å². The van der Waals surface area contributed by atoms with Gasteiger partial charge in [-0.3, -0.25) is 0 Å². The van der Waals surface area contributed by atoms with Crippen LogP contribution in [0.1, 0.15) is 18.9 Å². The number of nitrogens with two attached hydrogens (primary N) is 1. The molecule has 0 radical (unpaired) electrons. The molecule has 10 heteroatoms. The first kappa shape index (κ1) is 24.3. The van der Waals surface area contributed by atoms with Crippen LogP contribution in [0.3, 0.4) is 0 Å². The number of piperazine rings is 1. The molecule has 1 saturated heterocycles. The molecule has 1 aromatic heterocycles. The molecule has 35 heavy (non-hydrogen) atoms. The normalized spacial score (nSPS) is 20.5. The van der Waals surface area contributed by atoms with Crippen molar-refractivity contribution in [2.75, 3.05) is 52.2 Å². The molecule has 10 nitrogen and oxygen atoms in total. The first-order valence-electron chi connectivity index (χ1n) is 11.8. The van der Waals surface area contributed by atoms with E-state index < -0.39 is 11.6 Å². The Balaban J connectivity index is 1.56. The van der Waals surface area contributed by atoms with E-state index in [0.29, 0.717) is 23.9 Å². The summed E-state index contributed by atoms with van der Waals surface area (Å²) >= 11 is 0. The smallest absolute Gasteiger partial charge is 0.313 e. The maximum Gasteiger partial charge on any atom is 0.313 e. The van der Waals surface area contributed by atoms with E-state index in [9.17, 15) is 4.79 Å². The zero-order valence-electron chi connectivity index (χ0n) is 20.5. The van der Waals surface area contributed by atoms with Crippen molar-refractivity contribution in [2.24, 2.45) is 5.73 Å². The van der Waals surface area contributed by atoms with Gasteiger partial charge in [0.15, 0.2) is 0 Å². The van der Waals surface area contributed by atoms with Crippen LogP contribution in [-0.2, 0) is 10.3 Å². The number of methoxy groups -OCH3 is 1. The topological polar surface area (TPSA) is 118 Å². The zero-order chi connectivity index (χ0) is 24.8. The second-order valence-electron chi connectivity index (χ2n) is 8.52. The molecule has 1 aliphatic carbocycles. The quantitative estimate of drug-likeness (QED) is 0.529. The number of anilines is 1. The number of primary amides is 1. The van der Waals surface area contributed by atoms with Gasteiger partial charge in [0.25, 0.3) is 0 Å². The van der Waals surface area contributed by atoms with E-state index in [2.05, 4.69) is 37.3 Å². The minimum absolute atomic E-state index is 0.428. The van der Waals surface area contributed by atoms with Crippen molar-refractivity contribution in [1.82, 2.24) is 25.1 Å². The number of allylic oxidation sites excluding steroid dienone is 1. The van der Waals surface area contributed by atoms with Crippen molar-refractivity contribution >= 4 is 11.8 Å². The second kappa shape index (κ2) is 10.6. The second-order valence-corrected chi connectivity index (χ2v) is 8.52. The molecule has 1 aromatic carbocycles. The molecule has 4 N–H and O–H groups in total. The highest BCUT2D eigenvalue weighted by Crippen LogP contribution is 2.38. The van der Waals surface area contributed by atoms with Crippen LogP contribution in [0.15, 0.2) is 60.3 Å². The Morgan fingerprint density at radius 2 is 1.91 bits per heavy atom. The highest BCUT2D eigenvalue weighted by Gasteiger charge is 2.37. The number of aromatic nitrogens is 2. The van der Waals surface area contributed by atoms with E-state index in [1.807, 2.05) is 36.4 Å². The number of hydrogen-bond acceptors (Lipinski definition) is 8. The number of ether oxygens (including phenoxy) is 2. The van der Waals surface area contributed by atoms with Gasteiger partial charge >= 0.3 is 6.03 Å². The first-order valence-corrected chi connectivity index (χ1v) is 11.8. The molecule has 0 bridgehead atoms. The number of carbonyl (C=O) groups excluding carboxylic acids is 1. The van der Waals surface area contributed by atoms with Gasteiger partial charge in [0.2, 0.25) is 5.88 Å². The van der Waals surface area contributed by atoms with E-state index in [1.54, 1.807) is 20.2 Å². The molecule has 4 rings (SSSR count). The summed E-state index contributed by atoms with van der Waals surface area (Å²) in [6.45, 7) is 7.13. The van der Waals surface area contributed by atoms with Crippen molar-refractivity contribution in [1.29, 1.82) is 0 Å². The molecule has 2 heterocycles. The van der Waals surface area contributed by atoms with Gasteiger partial charge in [-0.2, -0.15) is 0 Å². The summed E-state index contributed by atoms with van der Waals surface area (Å²) in [6, 6.07) is 8.61. The number of hydrogen-bond donors (Lipinski definition) is 3. The Morgan fingerprint density at radius 1 is 1.17 bits per heavy atom. The van der Waals surface area contributed by atoms with Crippen LogP contribution in [0.25, 0.3) is 0 Å². The first-order chi connectivity index (χ1) is 17.0. The Labute approximate surface area is 205 Å². The average Bonchev–Trinajstić information content (AvgIpc) is 2.89. The van der Waals surface area contributed by atoms with Crippen molar-refractivity contribution in [3.05, 3.63) is 65.8 Å². The van der Waals surface area contributed by atoms with Crippen molar-refractivity contribution in [3.63, 3.8) is 0 Å². The van der Waals surface area contributed by atoms with E-state index in [4.69, 9.17) is 15.2 Å². The average molecular weight is 480 g/mol. The zero-order valence-corrected chi connectivity index (χ0v) is 20.5. The summed E-state index contributed by atoms with van der Waals surface area (Å²) < 4.78 is 11.7. The molecule has 1 unspecified atom stereocenters. The third kappa shape index (κ3) is 5.48. The maximum atomic E-state index is 12.0. The van der Waals surface area contributed by atoms with E-state index in [1.165, 1.54) is 6.33 Å². The molecule has 2 amide bonds. The predicted octanol–water partition coefficient (Wildman–Crippen LogP) is 2.63. The Bertz CT molecular complexity index is 1090. The Hall–Kier alpha value is -3.79. The minimum Gasteiger partial charge on any atom is -0.499 e. The SMILES string of the molecule is CCN1CCN(C2=C(OC)CC(NC(N)=O)(c3ccc(Oc4cc(NC)ncn4)cc3)C=C2)CC1. The molecular formula is C25H33N7O3. The third-order valence-electron chi connectivity index (χ3n) is 6.49. The van der Waals surface area contributed by atoms with Crippen LogP contribution in [0.2, 0.25) is 0 Å².